The van der Waals surface area contributed by atoms with E-state index in [1.807, 2.05) is 35.2 Å². The van der Waals surface area contributed by atoms with Gasteiger partial charge in [0.25, 0.3) is 0 Å². The van der Waals surface area contributed by atoms with E-state index >= 15 is 0 Å². The molecule has 25 heavy (non-hydrogen) atoms. The molecular formula is C21H24N2O2. The molecule has 2 aromatic carbocycles. The van der Waals surface area contributed by atoms with Crippen LogP contribution in [0, 0.1) is 5.92 Å². The zero-order chi connectivity index (χ0) is 17.1. The van der Waals surface area contributed by atoms with Gasteiger partial charge in [-0.2, -0.15) is 0 Å². The fraction of sp³-hybridized carbons (Fsp3) is 0.381. The number of nitrogens with zero attached hydrogens (tertiary/aromatic N) is 1. The average molecular weight is 336 g/mol. The van der Waals surface area contributed by atoms with Crippen LogP contribution in [0.25, 0.3) is 0 Å². The number of amides is 1. The number of carbonyl (C=O) groups is 1. The second-order valence-electron chi connectivity index (χ2n) is 6.87. The summed E-state index contributed by atoms with van der Waals surface area (Å²) < 4.78 is 5.83. The van der Waals surface area contributed by atoms with E-state index in [2.05, 4.69) is 29.6 Å². The van der Waals surface area contributed by atoms with Crippen LogP contribution in [0.4, 0.5) is 0 Å². The van der Waals surface area contributed by atoms with Crippen molar-refractivity contribution in [3.05, 3.63) is 65.7 Å². The van der Waals surface area contributed by atoms with E-state index in [0.29, 0.717) is 18.4 Å². The summed E-state index contributed by atoms with van der Waals surface area (Å²) in [5.74, 6) is 1.76. The minimum Gasteiger partial charge on any atom is -0.489 e. The average Bonchev–Trinajstić information content (AvgIpc) is 3.48. The van der Waals surface area contributed by atoms with Gasteiger partial charge in [0, 0.05) is 32.1 Å². The Morgan fingerprint density at radius 3 is 2.48 bits per heavy atom. The van der Waals surface area contributed by atoms with Gasteiger partial charge < -0.3 is 15.0 Å². The second kappa shape index (κ2) is 7.28. The van der Waals surface area contributed by atoms with E-state index in [1.165, 1.54) is 5.56 Å². The van der Waals surface area contributed by atoms with E-state index < -0.39 is 0 Å². The minimum atomic E-state index is 0.175. The van der Waals surface area contributed by atoms with Crippen LogP contribution in [-0.4, -0.2) is 37.0 Å². The van der Waals surface area contributed by atoms with Gasteiger partial charge >= 0.3 is 0 Å². The zero-order valence-corrected chi connectivity index (χ0v) is 14.4. The Hall–Kier alpha value is -2.33. The third-order valence-corrected chi connectivity index (χ3v) is 5.09. The maximum atomic E-state index is 12.5. The molecule has 1 saturated heterocycles. The quantitative estimate of drug-likeness (QED) is 0.913. The normalized spacial score (nSPS) is 22.5. The first-order valence-corrected chi connectivity index (χ1v) is 9.07. The van der Waals surface area contributed by atoms with Crippen LogP contribution >= 0.6 is 0 Å². The zero-order valence-electron chi connectivity index (χ0n) is 14.4. The van der Waals surface area contributed by atoms with E-state index in [1.54, 1.807) is 0 Å². The number of hydrogen-bond acceptors (Lipinski definition) is 3. The molecule has 1 aliphatic carbocycles. The number of benzene rings is 2. The fourth-order valence-corrected chi connectivity index (χ4v) is 3.51. The van der Waals surface area contributed by atoms with Gasteiger partial charge in [0.2, 0.25) is 5.91 Å². The number of rotatable bonds is 5. The molecule has 1 aliphatic heterocycles. The number of hydrogen-bond donors (Lipinski definition) is 1. The molecule has 0 radical (unpaired) electrons. The maximum absolute atomic E-state index is 12.5. The highest BCUT2D eigenvalue weighted by atomic mass is 16.5. The Kier molecular flexibility index (Phi) is 4.70. The first-order chi connectivity index (χ1) is 12.3. The molecule has 1 amide bonds. The molecule has 2 unspecified atom stereocenters. The monoisotopic (exact) mass is 336 g/mol. The first-order valence-electron chi connectivity index (χ1n) is 9.07. The Labute approximate surface area is 148 Å². The van der Waals surface area contributed by atoms with E-state index in [0.717, 1.165) is 43.9 Å². The van der Waals surface area contributed by atoms with Crippen molar-refractivity contribution in [3.63, 3.8) is 0 Å². The Balaban J connectivity index is 1.31. The van der Waals surface area contributed by atoms with Gasteiger partial charge in [-0.05, 0) is 35.6 Å². The lowest BCUT2D eigenvalue weighted by Crippen LogP contribution is -2.47. The summed E-state index contributed by atoms with van der Waals surface area (Å²) in [6.07, 6.45) is 0.979. The number of piperazine rings is 1. The third kappa shape index (κ3) is 3.85. The lowest BCUT2D eigenvalue weighted by molar-refractivity contribution is -0.133. The molecule has 4 heteroatoms. The van der Waals surface area contributed by atoms with Gasteiger partial charge in [0.15, 0.2) is 0 Å². The van der Waals surface area contributed by atoms with Crippen molar-refractivity contribution in [2.75, 3.05) is 26.2 Å². The van der Waals surface area contributed by atoms with Gasteiger partial charge in [-0.25, -0.2) is 0 Å². The van der Waals surface area contributed by atoms with Crippen molar-refractivity contribution >= 4 is 5.91 Å². The molecule has 130 valence electrons. The maximum Gasteiger partial charge on any atom is 0.226 e. The highest BCUT2D eigenvalue weighted by molar-refractivity contribution is 5.83. The molecule has 1 saturated carbocycles. The van der Waals surface area contributed by atoms with Crippen LogP contribution in [0.1, 0.15) is 23.5 Å². The number of carbonyl (C=O) groups excluding carboxylic acids is 1. The van der Waals surface area contributed by atoms with Crippen LogP contribution < -0.4 is 10.1 Å². The predicted octanol–water partition coefficient (Wildman–Crippen LogP) is 2.80. The molecule has 2 aromatic rings. The highest BCUT2D eigenvalue weighted by Crippen LogP contribution is 2.48. The molecule has 4 rings (SSSR count). The van der Waals surface area contributed by atoms with Crippen LogP contribution in [0.3, 0.4) is 0 Å². The molecule has 0 aromatic heterocycles. The van der Waals surface area contributed by atoms with Gasteiger partial charge in [0.1, 0.15) is 12.4 Å². The summed E-state index contributed by atoms with van der Waals surface area (Å²) in [6.45, 7) is 4.09. The molecule has 4 nitrogen and oxygen atoms in total. The largest absolute Gasteiger partial charge is 0.489 e. The second-order valence-corrected chi connectivity index (χ2v) is 6.87. The SMILES string of the molecule is O=C(C1CC1c1ccc(OCc2ccccc2)cc1)N1CCNCC1. The molecule has 2 fully saturated rings. The third-order valence-electron chi connectivity index (χ3n) is 5.09. The summed E-state index contributed by atoms with van der Waals surface area (Å²) in [6, 6.07) is 18.4. The minimum absolute atomic E-state index is 0.175. The molecule has 2 aliphatic rings. The topological polar surface area (TPSA) is 41.6 Å². The summed E-state index contributed by atoms with van der Waals surface area (Å²) in [5.41, 5.74) is 2.41. The van der Waals surface area contributed by atoms with Gasteiger partial charge in [-0.1, -0.05) is 42.5 Å². The van der Waals surface area contributed by atoms with Crippen molar-refractivity contribution in [1.82, 2.24) is 10.2 Å². The predicted molar refractivity (Wildman–Crippen MR) is 97.5 cm³/mol. The van der Waals surface area contributed by atoms with Crippen LogP contribution in [0.2, 0.25) is 0 Å². The van der Waals surface area contributed by atoms with Gasteiger partial charge in [-0.3, -0.25) is 4.79 Å². The first kappa shape index (κ1) is 16.2. The summed E-state index contributed by atoms with van der Waals surface area (Å²) in [7, 11) is 0. The smallest absolute Gasteiger partial charge is 0.226 e. The standard InChI is InChI=1S/C21H24N2O2/c24-21(23-12-10-22-11-13-23)20-14-19(20)17-6-8-18(9-7-17)25-15-16-4-2-1-3-5-16/h1-9,19-20,22H,10-15H2. The number of nitrogens with one attached hydrogen (secondary N) is 1. The van der Waals surface area contributed by atoms with E-state index in [-0.39, 0.29) is 5.92 Å². The molecule has 0 spiro atoms. The molecule has 1 N–H and O–H groups in total. The Morgan fingerprint density at radius 2 is 1.76 bits per heavy atom. The lowest BCUT2D eigenvalue weighted by atomic mass is 10.1. The Bertz CT molecular complexity index is 708. The van der Waals surface area contributed by atoms with Gasteiger partial charge in [0.05, 0.1) is 0 Å². The fourth-order valence-electron chi connectivity index (χ4n) is 3.51. The van der Waals surface area contributed by atoms with Crippen LogP contribution in [0.15, 0.2) is 54.6 Å². The highest BCUT2D eigenvalue weighted by Gasteiger charge is 2.45. The van der Waals surface area contributed by atoms with Gasteiger partial charge in [-0.15, -0.1) is 0 Å². The Morgan fingerprint density at radius 1 is 1.04 bits per heavy atom. The van der Waals surface area contributed by atoms with Crippen molar-refractivity contribution in [3.8, 4) is 5.75 Å². The molecule has 0 bridgehead atoms. The van der Waals surface area contributed by atoms with Crippen molar-refractivity contribution in [2.45, 2.75) is 18.9 Å². The van der Waals surface area contributed by atoms with Crippen LogP contribution in [-0.2, 0) is 11.4 Å². The van der Waals surface area contributed by atoms with Crippen LogP contribution in [0.5, 0.6) is 5.75 Å². The lowest BCUT2D eigenvalue weighted by Gasteiger charge is -2.27. The molecule has 2 atom stereocenters. The van der Waals surface area contributed by atoms with Crippen molar-refractivity contribution in [2.24, 2.45) is 5.92 Å². The molecular weight excluding hydrogens is 312 g/mol. The summed E-state index contributed by atoms with van der Waals surface area (Å²) >= 11 is 0. The number of ether oxygens (including phenoxy) is 1. The molecule has 1 heterocycles. The summed E-state index contributed by atoms with van der Waals surface area (Å²) in [5, 5.41) is 3.29. The van der Waals surface area contributed by atoms with Crippen molar-refractivity contribution in [1.29, 1.82) is 0 Å². The van der Waals surface area contributed by atoms with E-state index in [9.17, 15) is 4.79 Å². The summed E-state index contributed by atoms with van der Waals surface area (Å²) in [4.78, 5) is 14.6. The van der Waals surface area contributed by atoms with E-state index in [4.69, 9.17) is 4.74 Å². The van der Waals surface area contributed by atoms with Crippen molar-refractivity contribution < 1.29 is 9.53 Å².